The summed E-state index contributed by atoms with van der Waals surface area (Å²) in [6.45, 7) is 0. The SMILES string of the molecule is CN(c1ccccn1)S(=O)(=O)c1cnccc1N. The van der Waals surface area contributed by atoms with Crippen LogP contribution in [0.2, 0.25) is 0 Å². The van der Waals surface area contributed by atoms with Crippen molar-refractivity contribution in [2.24, 2.45) is 0 Å². The maximum Gasteiger partial charge on any atom is 0.268 e. The Morgan fingerprint density at radius 1 is 1.22 bits per heavy atom. The minimum atomic E-state index is -3.74. The molecule has 2 rings (SSSR count). The summed E-state index contributed by atoms with van der Waals surface area (Å²) in [5, 5.41) is 0. The van der Waals surface area contributed by atoms with E-state index in [9.17, 15) is 8.42 Å². The van der Waals surface area contributed by atoms with Gasteiger partial charge in [-0.05, 0) is 18.2 Å². The number of hydrogen-bond donors (Lipinski definition) is 1. The summed E-state index contributed by atoms with van der Waals surface area (Å²) in [4.78, 5) is 7.74. The molecule has 0 atom stereocenters. The van der Waals surface area contributed by atoms with E-state index in [1.807, 2.05) is 0 Å². The Labute approximate surface area is 105 Å². The zero-order valence-electron chi connectivity index (χ0n) is 9.69. The smallest absolute Gasteiger partial charge is 0.268 e. The average Bonchev–Trinajstić information content (AvgIpc) is 2.39. The van der Waals surface area contributed by atoms with Gasteiger partial charge in [0.1, 0.15) is 10.7 Å². The van der Waals surface area contributed by atoms with Crippen molar-refractivity contribution < 1.29 is 8.42 Å². The zero-order valence-corrected chi connectivity index (χ0v) is 10.5. The zero-order chi connectivity index (χ0) is 13.2. The second-order valence-electron chi connectivity index (χ2n) is 3.57. The molecule has 0 fully saturated rings. The number of nitrogen functional groups attached to an aromatic ring is 1. The lowest BCUT2D eigenvalue weighted by Crippen LogP contribution is -2.28. The summed E-state index contributed by atoms with van der Waals surface area (Å²) in [7, 11) is -2.32. The van der Waals surface area contributed by atoms with Crippen molar-refractivity contribution in [3.63, 3.8) is 0 Å². The Balaban J connectivity index is 2.48. The molecule has 18 heavy (non-hydrogen) atoms. The third-order valence-corrected chi connectivity index (χ3v) is 4.23. The van der Waals surface area contributed by atoms with Gasteiger partial charge in [-0.25, -0.2) is 13.4 Å². The fraction of sp³-hybridized carbons (Fsp3) is 0.0909. The number of aromatic nitrogens is 2. The number of sulfonamides is 1. The van der Waals surface area contributed by atoms with E-state index in [0.717, 1.165) is 4.31 Å². The largest absolute Gasteiger partial charge is 0.398 e. The van der Waals surface area contributed by atoms with Gasteiger partial charge in [0, 0.05) is 25.6 Å². The summed E-state index contributed by atoms with van der Waals surface area (Å²) in [6, 6.07) is 6.46. The van der Waals surface area contributed by atoms with Gasteiger partial charge in [-0.1, -0.05) is 6.07 Å². The van der Waals surface area contributed by atoms with Crippen LogP contribution in [-0.2, 0) is 10.0 Å². The van der Waals surface area contributed by atoms with Crippen LogP contribution in [0.3, 0.4) is 0 Å². The van der Waals surface area contributed by atoms with Crippen LogP contribution in [0.5, 0.6) is 0 Å². The van der Waals surface area contributed by atoms with E-state index >= 15 is 0 Å². The molecule has 0 aliphatic rings. The first-order valence-electron chi connectivity index (χ1n) is 5.13. The third-order valence-electron chi connectivity index (χ3n) is 2.43. The summed E-state index contributed by atoms with van der Waals surface area (Å²) < 4.78 is 25.7. The highest BCUT2D eigenvalue weighted by Crippen LogP contribution is 2.23. The minimum absolute atomic E-state index is 0.0295. The average molecular weight is 264 g/mol. The molecule has 0 amide bonds. The van der Waals surface area contributed by atoms with Gasteiger partial charge in [0.2, 0.25) is 0 Å². The Morgan fingerprint density at radius 3 is 2.61 bits per heavy atom. The van der Waals surface area contributed by atoms with Gasteiger partial charge in [-0.15, -0.1) is 0 Å². The molecule has 94 valence electrons. The van der Waals surface area contributed by atoms with Gasteiger partial charge in [0.05, 0.1) is 5.69 Å². The summed E-state index contributed by atoms with van der Waals surface area (Å²) in [6.07, 6.45) is 4.19. The molecule has 0 saturated heterocycles. The maximum absolute atomic E-state index is 12.3. The first-order valence-corrected chi connectivity index (χ1v) is 6.57. The standard InChI is InChI=1S/C11H12N4O2S/c1-15(11-4-2-3-6-14-11)18(16,17)10-8-13-7-5-9(10)12/h2-8H,1H3,(H2,12,13). The predicted octanol–water partition coefficient (Wildman–Crippen LogP) is 0.884. The number of nitrogens with zero attached hydrogens (tertiary/aromatic N) is 3. The number of rotatable bonds is 3. The van der Waals surface area contributed by atoms with Gasteiger partial charge in [0.15, 0.2) is 0 Å². The van der Waals surface area contributed by atoms with Crippen LogP contribution >= 0.6 is 0 Å². The third kappa shape index (κ3) is 2.12. The van der Waals surface area contributed by atoms with Crippen molar-refractivity contribution in [3.8, 4) is 0 Å². The van der Waals surface area contributed by atoms with Crippen LogP contribution in [0, 0.1) is 0 Å². The van der Waals surface area contributed by atoms with E-state index in [1.165, 1.54) is 31.7 Å². The predicted molar refractivity (Wildman–Crippen MR) is 68.5 cm³/mol. The van der Waals surface area contributed by atoms with E-state index in [1.54, 1.807) is 18.2 Å². The Kier molecular flexibility index (Phi) is 3.15. The van der Waals surface area contributed by atoms with Gasteiger partial charge in [-0.2, -0.15) is 0 Å². The highest BCUT2D eigenvalue weighted by atomic mass is 32.2. The second-order valence-corrected chi connectivity index (χ2v) is 5.51. The topological polar surface area (TPSA) is 89.2 Å². The molecular formula is C11H12N4O2S. The lowest BCUT2D eigenvalue weighted by molar-refractivity contribution is 0.594. The first-order chi connectivity index (χ1) is 8.53. The molecule has 6 nitrogen and oxygen atoms in total. The molecule has 0 unspecified atom stereocenters. The minimum Gasteiger partial charge on any atom is -0.398 e. The van der Waals surface area contributed by atoms with E-state index in [2.05, 4.69) is 9.97 Å². The van der Waals surface area contributed by atoms with Crippen LogP contribution in [-0.4, -0.2) is 25.4 Å². The molecule has 2 aromatic rings. The monoisotopic (exact) mass is 264 g/mol. The first kappa shape index (κ1) is 12.3. The number of nitrogens with two attached hydrogens (primary N) is 1. The quantitative estimate of drug-likeness (QED) is 0.889. The van der Waals surface area contributed by atoms with Crippen molar-refractivity contribution in [2.75, 3.05) is 17.1 Å². The molecule has 0 saturated carbocycles. The Bertz CT molecular complexity index is 643. The van der Waals surface area contributed by atoms with Crippen LogP contribution < -0.4 is 10.0 Å². The Morgan fingerprint density at radius 2 is 2.00 bits per heavy atom. The van der Waals surface area contributed by atoms with Crippen molar-refractivity contribution in [1.29, 1.82) is 0 Å². The highest BCUT2D eigenvalue weighted by molar-refractivity contribution is 7.93. The van der Waals surface area contributed by atoms with Crippen molar-refractivity contribution in [2.45, 2.75) is 4.90 Å². The summed E-state index contributed by atoms with van der Waals surface area (Å²) in [5.74, 6) is 0.320. The number of anilines is 2. The van der Waals surface area contributed by atoms with E-state index < -0.39 is 10.0 Å². The molecular weight excluding hydrogens is 252 g/mol. The molecule has 7 heteroatoms. The molecule has 0 aliphatic heterocycles. The van der Waals surface area contributed by atoms with E-state index in [4.69, 9.17) is 5.73 Å². The maximum atomic E-state index is 12.3. The Hall–Kier alpha value is -2.15. The molecule has 2 aromatic heterocycles. The van der Waals surface area contributed by atoms with Gasteiger partial charge in [0.25, 0.3) is 10.0 Å². The lowest BCUT2D eigenvalue weighted by atomic mass is 10.4. The fourth-order valence-electron chi connectivity index (χ4n) is 1.42. The van der Waals surface area contributed by atoms with Gasteiger partial charge in [-0.3, -0.25) is 9.29 Å². The van der Waals surface area contributed by atoms with Crippen molar-refractivity contribution >= 4 is 21.5 Å². The van der Waals surface area contributed by atoms with Crippen LogP contribution in [0.25, 0.3) is 0 Å². The fourth-order valence-corrected chi connectivity index (χ4v) is 2.63. The number of hydrogen-bond acceptors (Lipinski definition) is 5. The van der Waals surface area contributed by atoms with Crippen molar-refractivity contribution in [3.05, 3.63) is 42.9 Å². The number of pyridine rings is 2. The van der Waals surface area contributed by atoms with Crippen LogP contribution in [0.4, 0.5) is 11.5 Å². The van der Waals surface area contributed by atoms with Crippen LogP contribution in [0.15, 0.2) is 47.8 Å². The van der Waals surface area contributed by atoms with E-state index in [0.29, 0.717) is 5.82 Å². The van der Waals surface area contributed by atoms with Crippen LogP contribution in [0.1, 0.15) is 0 Å². The molecule has 2 heterocycles. The normalized spacial score (nSPS) is 11.2. The summed E-state index contributed by atoms with van der Waals surface area (Å²) >= 11 is 0. The van der Waals surface area contributed by atoms with Crippen molar-refractivity contribution in [1.82, 2.24) is 9.97 Å². The highest BCUT2D eigenvalue weighted by Gasteiger charge is 2.24. The van der Waals surface area contributed by atoms with Gasteiger partial charge >= 0.3 is 0 Å². The molecule has 0 radical (unpaired) electrons. The molecule has 0 bridgehead atoms. The summed E-state index contributed by atoms with van der Waals surface area (Å²) in [5.41, 5.74) is 5.82. The molecule has 0 spiro atoms. The molecule has 0 aromatic carbocycles. The van der Waals surface area contributed by atoms with E-state index in [-0.39, 0.29) is 10.6 Å². The second kappa shape index (κ2) is 4.61. The lowest BCUT2D eigenvalue weighted by Gasteiger charge is -2.18. The molecule has 0 aliphatic carbocycles. The molecule has 2 N–H and O–H groups in total. The van der Waals surface area contributed by atoms with Gasteiger partial charge < -0.3 is 5.73 Å².